The molecule has 1 aliphatic rings. The molecule has 6 heteroatoms. The highest BCUT2D eigenvalue weighted by Gasteiger charge is 2.32. The van der Waals surface area contributed by atoms with Crippen molar-refractivity contribution in [3.63, 3.8) is 0 Å². The van der Waals surface area contributed by atoms with E-state index in [1.165, 1.54) is 12.1 Å². The Kier molecular flexibility index (Phi) is 3.96. The maximum absolute atomic E-state index is 10.5. The molecule has 1 aromatic carbocycles. The first-order valence-corrected chi connectivity index (χ1v) is 5.96. The second kappa shape index (κ2) is 5.48. The standard InChI is InChI=1S/C12H12ClNO4/c13-9-12(17-7-8-18-12)6-5-10-1-3-11(4-2-10)14(15)16/h1-6H,7-9H2/b6-5+. The topological polar surface area (TPSA) is 61.6 Å². The third-order valence-electron chi connectivity index (χ3n) is 2.60. The SMILES string of the molecule is O=[N+]([O-])c1ccc(/C=C/C2(CCl)OCCO2)cc1. The molecule has 1 aromatic rings. The molecule has 96 valence electrons. The summed E-state index contributed by atoms with van der Waals surface area (Å²) in [4.78, 5) is 10.1. The second-order valence-corrected chi connectivity index (χ2v) is 4.09. The van der Waals surface area contributed by atoms with Gasteiger partial charge in [-0.2, -0.15) is 0 Å². The Morgan fingerprint density at radius 2 is 1.94 bits per heavy atom. The Labute approximate surface area is 109 Å². The maximum atomic E-state index is 10.5. The van der Waals surface area contributed by atoms with Crippen molar-refractivity contribution in [1.29, 1.82) is 0 Å². The highest BCUT2D eigenvalue weighted by molar-refractivity contribution is 6.18. The van der Waals surface area contributed by atoms with Crippen molar-refractivity contribution in [1.82, 2.24) is 0 Å². The van der Waals surface area contributed by atoms with Crippen LogP contribution < -0.4 is 0 Å². The largest absolute Gasteiger partial charge is 0.343 e. The van der Waals surface area contributed by atoms with Crippen LogP contribution in [0.5, 0.6) is 0 Å². The fraction of sp³-hybridized carbons (Fsp3) is 0.333. The fourth-order valence-corrected chi connectivity index (χ4v) is 1.86. The monoisotopic (exact) mass is 269 g/mol. The van der Waals surface area contributed by atoms with Crippen LogP contribution in [-0.4, -0.2) is 29.8 Å². The average molecular weight is 270 g/mol. The number of ether oxygens (including phenoxy) is 2. The molecule has 5 nitrogen and oxygen atoms in total. The molecule has 0 spiro atoms. The lowest BCUT2D eigenvalue weighted by molar-refractivity contribution is -0.384. The summed E-state index contributed by atoms with van der Waals surface area (Å²) >= 11 is 5.81. The maximum Gasteiger partial charge on any atom is 0.269 e. The van der Waals surface area contributed by atoms with Gasteiger partial charge in [0.05, 0.1) is 24.0 Å². The number of benzene rings is 1. The third kappa shape index (κ3) is 2.87. The molecule has 0 amide bonds. The van der Waals surface area contributed by atoms with Crippen LogP contribution in [-0.2, 0) is 9.47 Å². The Morgan fingerprint density at radius 3 is 2.44 bits per heavy atom. The van der Waals surface area contributed by atoms with Gasteiger partial charge in [-0.15, -0.1) is 11.6 Å². The quantitative estimate of drug-likeness (QED) is 0.479. The number of nitro groups is 1. The zero-order valence-electron chi connectivity index (χ0n) is 9.54. The summed E-state index contributed by atoms with van der Waals surface area (Å²) < 4.78 is 10.8. The van der Waals surface area contributed by atoms with Crippen molar-refractivity contribution in [3.8, 4) is 0 Å². The number of nitro benzene ring substituents is 1. The average Bonchev–Trinajstić information content (AvgIpc) is 2.86. The summed E-state index contributed by atoms with van der Waals surface area (Å²) in [6.07, 6.45) is 3.51. The number of hydrogen-bond acceptors (Lipinski definition) is 4. The minimum absolute atomic E-state index is 0.0626. The van der Waals surface area contributed by atoms with E-state index in [4.69, 9.17) is 21.1 Å². The number of hydrogen-bond donors (Lipinski definition) is 0. The zero-order chi connectivity index (χ0) is 13.0. The van der Waals surface area contributed by atoms with E-state index in [0.29, 0.717) is 13.2 Å². The molecular weight excluding hydrogens is 258 g/mol. The minimum Gasteiger partial charge on any atom is -0.343 e. The molecular formula is C12H12ClNO4. The van der Waals surface area contributed by atoms with Gasteiger partial charge in [0, 0.05) is 12.1 Å². The highest BCUT2D eigenvalue weighted by Crippen LogP contribution is 2.24. The van der Waals surface area contributed by atoms with E-state index in [1.807, 2.05) is 0 Å². The summed E-state index contributed by atoms with van der Waals surface area (Å²) in [7, 11) is 0. The van der Waals surface area contributed by atoms with Gasteiger partial charge in [0.2, 0.25) is 5.79 Å². The Balaban J connectivity index is 2.10. The van der Waals surface area contributed by atoms with Crippen LogP contribution in [0, 0.1) is 10.1 Å². The smallest absolute Gasteiger partial charge is 0.269 e. The summed E-state index contributed by atoms with van der Waals surface area (Å²) in [5.41, 5.74) is 0.886. The molecule has 1 fully saturated rings. The molecule has 1 saturated heterocycles. The summed E-state index contributed by atoms with van der Waals surface area (Å²) in [5.74, 6) is -0.667. The molecule has 0 bridgehead atoms. The first kappa shape index (κ1) is 13.0. The van der Waals surface area contributed by atoms with Crippen molar-refractivity contribution < 1.29 is 14.4 Å². The predicted molar refractivity (Wildman–Crippen MR) is 67.5 cm³/mol. The van der Waals surface area contributed by atoms with Gasteiger partial charge in [-0.1, -0.05) is 6.08 Å². The predicted octanol–water partition coefficient (Wildman–Crippen LogP) is 2.59. The molecule has 1 heterocycles. The van der Waals surface area contributed by atoms with E-state index in [-0.39, 0.29) is 11.6 Å². The lowest BCUT2D eigenvalue weighted by Gasteiger charge is -2.20. The van der Waals surface area contributed by atoms with Gasteiger partial charge >= 0.3 is 0 Å². The molecule has 0 saturated carbocycles. The van der Waals surface area contributed by atoms with Crippen LogP contribution in [0.4, 0.5) is 5.69 Å². The molecule has 18 heavy (non-hydrogen) atoms. The Bertz CT molecular complexity index is 452. The van der Waals surface area contributed by atoms with E-state index >= 15 is 0 Å². The first-order chi connectivity index (χ1) is 8.65. The molecule has 2 rings (SSSR count). The van der Waals surface area contributed by atoms with Crippen molar-refractivity contribution in [2.24, 2.45) is 0 Å². The van der Waals surface area contributed by atoms with E-state index < -0.39 is 10.7 Å². The van der Waals surface area contributed by atoms with Crippen molar-refractivity contribution >= 4 is 23.4 Å². The van der Waals surface area contributed by atoms with Gasteiger partial charge in [-0.05, 0) is 23.8 Å². The van der Waals surface area contributed by atoms with Gasteiger partial charge < -0.3 is 9.47 Å². The highest BCUT2D eigenvalue weighted by atomic mass is 35.5. The van der Waals surface area contributed by atoms with Gasteiger partial charge in [-0.25, -0.2) is 0 Å². The van der Waals surface area contributed by atoms with Crippen molar-refractivity contribution in [2.75, 3.05) is 19.1 Å². The lowest BCUT2D eigenvalue weighted by Crippen LogP contribution is -2.29. The van der Waals surface area contributed by atoms with Crippen LogP contribution in [0.3, 0.4) is 0 Å². The van der Waals surface area contributed by atoms with E-state index in [9.17, 15) is 10.1 Å². The molecule has 0 aliphatic carbocycles. The van der Waals surface area contributed by atoms with Gasteiger partial charge in [0.25, 0.3) is 5.69 Å². The third-order valence-corrected chi connectivity index (χ3v) is 2.97. The first-order valence-electron chi connectivity index (χ1n) is 5.43. The summed E-state index contributed by atoms with van der Waals surface area (Å²) in [6.45, 7) is 1.02. The van der Waals surface area contributed by atoms with Crippen LogP contribution in [0.25, 0.3) is 6.08 Å². The minimum atomic E-state index is -0.872. The van der Waals surface area contributed by atoms with Gasteiger partial charge in [0.15, 0.2) is 0 Å². The van der Waals surface area contributed by atoms with Crippen molar-refractivity contribution in [2.45, 2.75) is 5.79 Å². The van der Waals surface area contributed by atoms with Crippen LogP contribution in [0.2, 0.25) is 0 Å². The van der Waals surface area contributed by atoms with E-state index in [1.54, 1.807) is 24.3 Å². The molecule has 0 unspecified atom stereocenters. The summed E-state index contributed by atoms with van der Waals surface area (Å²) in [5, 5.41) is 10.5. The number of non-ortho nitro benzene ring substituents is 1. The molecule has 0 N–H and O–H groups in total. The summed E-state index contributed by atoms with van der Waals surface area (Å²) in [6, 6.07) is 6.21. The van der Waals surface area contributed by atoms with Gasteiger partial charge in [-0.3, -0.25) is 10.1 Å². The number of alkyl halides is 1. The molecule has 1 aliphatic heterocycles. The number of rotatable bonds is 4. The van der Waals surface area contributed by atoms with E-state index in [2.05, 4.69) is 0 Å². The van der Waals surface area contributed by atoms with Crippen LogP contribution >= 0.6 is 11.6 Å². The van der Waals surface area contributed by atoms with Crippen LogP contribution in [0.1, 0.15) is 5.56 Å². The number of halogens is 1. The second-order valence-electron chi connectivity index (χ2n) is 3.82. The fourth-order valence-electron chi connectivity index (χ4n) is 1.62. The van der Waals surface area contributed by atoms with Gasteiger partial charge in [0.1, 0.15) is 0 Å². The lowest BCUT2D eigenvalue weighted by atomic mass is 10.1. The normalized spacial score (nSPS) is 18.3. The Hall–Kier alpha value is -1.43. The zero-order valence-corrected chi connectivity index (χ0v) is 10.3. The molecule has 0 atom stereocenters. The molecule has 0 aromatic heterocycles. The van der Waals surface area contributed by atoms with Crippen LogP contribution in [0.15, 0.2) is 30.3 Å². The van der Waals surface area contributed by atoms with Crippen molar-refractivity contribution in [3.05, 3.63) is 46.0 Å². The Morgan fingerprint density at radius 1 is 1.33 bits per heavy atom. The molecule has 0 radical (unpaired) electrons. The number of nitrogens with zero attached hydrogens (tertiary/aromatic N) is 1. The van der Waals surface area contributed by atoms with E-state index in [0.717, 1.165) is 5.56 Å².